The number of hydrogen-bond donors (Lipinski definition) is 0. The third kappa shape index (κ3) is 10.3. The van der Waals surface area contributed by atoms with Crippen molar-refractivity contribution < 1.29 is 22.4 Å². The zero-order valence-electron chi connectivity index (χ0n) is 37.4. The molecule has 10 rings (SSSR count). The summed E-state index contributed by atoms with van der Waals surface area (Å²) in [6, 6.07) is 36.7. The van der Waals surface area contributed by atoms with Crippen LogP contribution in [-0.4, -0.2) is 95.0 Å². The Hall–Kier alpha value is -7.25. The molecule has 8 aromatic rings. The van der Waals surface area contributed by atoms with Gasteiger partial charge in [-0.25, -0.2) is 37.5 Å². The van der Waals surface area contributed by atoms with Gasteiger partial charge in [0.05, 0.1) is 44.8 Å². The van der Waals surface area contributed by atoms with Crippen LogP contribution in [0.1, 0.15) is 20.8 Å². The number of carbonyl (C=O) groups excluding carboxylic acids is 1. The zero-order chi connectivity index (χ0) is 46.3. The van der Waals surface area contributed by atoms with Gasteiger partial charge in [0, 0.05) is 92.9 Å². The van der Waals surface area contributed by atoms with E-state index in [0.29, 0.717) is 46.9 Å². The van der Waals surface area contributed by atoms with E-state index in [-0.39, 0.29) is 29.2 Å². The maximum Gasteiger partial charge on any atom is 0.219 e. The third-order valence-electron chi connectivity index (χ3n) is 11.7. The number of benzene rings is 6. The molecule has 0 bridgehead atoms. The fraction of sp³-hybridized carbons (Fsp3) is 0.226. The summed E-state index contributed by atoms with van der Waals surface area (Å²) in [5, 5.41) is 0. The van der Waals surface area contributed by atoms with Crippen molar-refractivity contribution in [1.29, 1.82) is 0 Å². The summed E-state index contributed by atoms with van der Waals surface area (Å²) in [4.78, 5) is 39.9. The summed E-state index contributed by atoms with van der Waals surface area (Å²) in [6.07, 6.45) is 0. The molecule has 0 radical (unpaired) electrons. The Morgan fingerprint density at radius 1 is 0.409 bits per heavy atom. The van der Waals surface area contributed by atoms with Crippen LogP contribution < -0.4 is 9.80 Å². The summed E-state index contributed by atoms with van der Waals surface area (Å²) in [5.41, 5.74) is 10.6. The van der Waals surface area contributed by atoms with Crippen LogP contribution in [0.25, 0.3) is 67.1 Å². The van der Waals surface area contributed by atoms with Crippen LogP contribution in [0.3, 0.4) is 0 Å². The van der Waals surface area contributed by atoms with Gasteiger partial charge in [0.25, 0.3) is 0 Å². The van der Waals surface area contributed by atoms with Crippen LogP contribution >= 0.6 is 0 Å². The number of carbonyl (C=O) groups is 1. The van der Waals surface area contributed by atoms with E-state index in [0.717, 1.165) is 83.9 Å². The van der Waals surface area contributed by atoms with Crippen molar-refractivity contribution >= 4 is 39.3 Å². The monoisotopic (exact) mass is 890 g/mol. The molecule has 2 aliphatic heterocycles. The molecule has 336 valence electrons. The first-order chi connectivity index (χ1) is 32.0. The van der Waals surface area contributed by atoms with Gasteiger partial charge < -0.3 is 19.6 Å². The van der Waals surface area contributed by atoms with Gasteiger partial charge in [-0.15, -0.1) is 0 Å². The molecule has 13 heteroatoms. The first-order valence-corrected chi connectivity index (χ1v) is 22.2. The second-order valence-corrected chi connectivity index (χ2v) is 16.0. The molecule has 2 fully saturated rings. The summed E-state index contributed by atoms with van der Waals surface area (Å²) < 4.78 is 54.1. The van der Waals surface area contributed by atoms with Gasteiger partial charge in [-0.1, -0.05) is 13.8 Å². The normalized spacial score (nSPS) is 14.1. The Kier molecular flexibility index (Phi) is 13.9. The van der Waals surface area contributed by atoms with E-state index in [4.69, 9.17) is 19.9 Å². The third-order valence-corrected chi connectivity index (χ3v) is 11.7. The highest BCUT2D eigenvalue weighted by atomic mass is 19.1. The lowest BCUT2D eigenvalue weighted by atomic mass is 10.0. The van der Waals surface area contributed by atoms with E-state index in [1.165, 1.54) is 48.5 Å². The fourth-order valence-electron chi connectivity index (χ4n) is 8.06. The molecule has 9 nitrogen and oxygen atoms in total. The molecule has 0 unspecified atom stereocenters. The predicted molar refractivity (Wildman–Crippen MR) is 256 cm³/mol. The first kappa shape index (κ1) is 45.3. The van der Waals surface area contributed by atoms with E-state index in [1.807, 2.05) is 43.0 Å². The largest absolute Gasteiger partial charge is 0.369 e. The lowest BCUT2D eigenvalue weighted by Gasteiger charge is -2.35. The minimum absolute atomic E-state index is 0.0938. The van der Waals surface area contributed by atoms with Gasteiger partial charge in [0.15, 0.2) is 0 Å². The minimum Gasteiger partial charge on any atom is -0.369 e. The van der Waals surface area contributed by atoms with E-state index < -0.39 is 0 Å². The van der Waals surface area contributed by atoms with Crippen molar-refractivity contribution in [1.82, 2.24) is 29.7 Å². The Morgan fingerprint density at radius 2 is 0.697 bits per heavy atom. The number of rotatable bonds is 6. The quantitative estimate of drug-likeness (QED) is 0.153. The highest BCUT2D eigenvalue weighted by molar-refractivity contribution is 5.89. The molecule has 0 spiro atoms. The van der Waals surface area contributed by atoms with Crippen LogP contribution in [-0.2, 0) is 4.79 Å². The summed E-state index contributed by atoms with van der Waals surface area (Å²) in [6.45, 7) is 12.4. The van der Waals surface area contributed by atoms with Crippen molar-refractivity contribution in [3.8, 4) is 45.0 Å². The van der Waals surface area contributed by atoms with Crippen LogP contribution in [0.4, 0.5) is 28.9 Å². The standard InChI is InChI=1S/C26H22F2N4O.C25H22F2N4.C2H6/c1-17(33)31-12-14-32(15-13-31)22-10-11-23-24(16-22)30-26(19-4-8-21(28)9-5-19)25(29-23)18-2-6-20(27)7-3-18;1-30-12-14-31(15-13-30)21-10-11-22-23(16-21)29-25(18-4-8-20(27)9-5-18)24(28-22)17-2-6-19(26)7-3-17;1-2/h2-11,16H,12-15H2,1H3;2-11,16H,12-15H2,1H3;1-2H3. The summed E-state index contributed by atoms with van der Waals surface area (Å²) in [7, 11) is 2.13. The molecule has 2 saturated heterocycles. The number of nitrogens with zero attached hydrogens (tertiary/aromatic N) is 8. The van der Waals surface area contributed by atoms with E-state index in [2.05, 4.69) is 33.9 Å². The van der Waals surface area contributed by atoms with E-state index >= 15 is 0 Å². The Labute approximate surface area is 382 Å². The number of fused-ring (bicyclic) bond motifs is 2. The number of halogens is 4. The van der Waals surface area contributed by atoms with Crippen LogP contribution in [0.5, 0.6) is 0 Å². The second-order valence-electron chi connectivity index (χ2n) is 16.0. The molecule has 2 aromatic heterocycles. The first-order valence-electron chi connectivity index (χ1n) is 22.2. The van der Waals surface area contributed by atoms with Crippen LogP contribution in [0.15, 0.2) is 133 Å². The molecule has 1 amide bonds. The van der Waals surface area contributed by atoms with Crippen LogP contribution in [0.2, 0.25) is 0 Å². The molecule has 4 heterocycles. The van der Waals surface area contributed by atoms with Crippen LogP contribution in [0, 0.1) is 23.3 Å². The maximum absolute atomic E-state index is 13.6. The van der Waals surface area contributed by atoms with E-state index in [1.54, 1.807) is 55.5 Å². The number of piperazine rings is 2. The SMILES string of the molecule is CC.CC(=O)N1CCN(c2ccc3nc(-c4ccc(F)cc4)c(-c4ccc(F)cc4)nc3c2)CC1.CN1CCN(c2ccc3nc(-c4ccc(F)cc4)c(-c4ccc(F)cc4)nc3c2)CC1. The highest BCUT2D eigenvalue weighted by Gasteiger charge is 2.21. The number of amides is 1. The number of aromatic nitrogens is 4. The molecular weight excluding hydrogens is 841 g/mol. The molecule has 0 N–H and O–H groups in total. The number of likely N-dealkylation sites (N-methyl/N-ethyl adjacent to an activating group) is 1. The number of hydrogen-bond acceptors (Lipinski definition) is 8. The van der Waals surface area contributed by atoms with Crippen molar-refractivity contribution in [2.24, 2.45) is 0 Å². The Balaban J connectivity index is 0.000000173. The van der Waals surface area contributed by atoms with Gasteiger partial charge in [0.2, 0.25) is 5.91 Å². The van der Waals surface area contributed by atoms with E-state index in [9.17, 15) is 22.4 Å². The highest BCUT2D eigenvalue weighted by Crippen LogP contribution is 2.34. The van der Waals surface area contributed by atoms with Gasteiger partial charge in [0.1, 0.15) is 23.3 Å². The molecule has 0 saturated carbocycles. The van der Waals surface area contributed by atoms with Gasteiger partial charge in [-0.2, -0.15) is 0 Å². The number of anilines is 2. The lowest BCUT2D eigenvalue weighted by Crippen LogP contribution is -2.48. The van der Waals surface area contributed by atoms with Crippen molar-refractivity contribution in [3.05, 3.63) is 157 Å². The zero-order valence-corrected chi connectivity index (χ0v) is 37.4. The van der Waals surface area contributed by atoms with Gasteiger partial charge in [-0.3, -0.25) is 4.79 Å². The minimum atomic E-state index is -0.331. The second kappa shape index (κ2) is 20.3. The summed E-state index contributed by atoms with van der Waals surface area (Å²) in [5.74, 6) is -1.18. The van der Waals surface area contributed by atoms with Gasteiger partial charge >= 0.3 is 0 Å². The van der Waals surface area contributed by atoms with Crippen molar-refractivity contribution in [2.45, 2.75) is 20.8 Å². The lowest BCUT2D eigenvalue weighted by molar-refractivity contribution is -0.129. The Morgan fingerprint density at radius 3 is 1.00 bits per heavy atom. The fourth-order valence-corrected chi connectivity index (χ4v) is 8.06. The van der Waals surface area contributed by atoms with Gasteiger partial charge in [-0.05, 0) is 141 Å². The smallest absolute Gasteiger partial charge is 0.219 e. The molecule has 0 aliphatic carbocycles. The molecule has 66 heavy (non-hydrogen) atoms. The predicted octanol–water partition coefficient (Wildman–Crippen LogP) is 10.9. The molecule has 6 aromatic carbocycles. The molecule has 2 aliphatic rings. The maximum atomic E-state index is 13.6. The molecular formula is C53H50F4N8O. The molecule has 0 atom stereocenters. The average Bonchev–Trinajstić information content (AvgIpc) is 3.35. The van der Waals surface area contributed by atoms with Crippen molar-refractivity contribution in [3.63, 3.8) is 0 Å². The Bertz CT molecular complexity index is 2940. The average molecular weight is 891 g/mol. The summed E-state index contributed by atoms with van der Waals surface area (Å²) >= 11 is 0. The van der Waals surface area contributed by atoms with Crippen molar-refractivity contribution in [2.75, 3.05) is 69.2 Å². The topological polar surface area (TPSA) is 81.6 Å².